The molecule has 0 radical (unpaired) electrons. The number of carbonyl (C=O) groups excluding carboxylic acids is 1. The average molecular weight is 411 g/mol. The quantitative estimate of drug-likeness (QED) is 0.765. The lowest BCUT2D eigenvalue weighted by Crippen LogP contribution is -2.37. The highest BCUT2D eigenvalue weighted by Gasteiger charge is 2.25. The number of carboxylic acid groups (broad SMARTS) is 1. The minimum atomic E-state index is -0.936. The summed E-state index contributed by atoms with van der Waals surface area (Å²) in [4.78, 5) is 29.8. The number of likely N-dealkylation sites (tertiary alicyclic amines) is 1. The highest BCUT2D eigenvalue weighted by atomic mass is 16.6. The van der Waals surface area contributed by atoms with Crippen molar-refractivity contribution in [2.24, 2.45) is 5.92 Å². The SMILES string of the molecule is CC(C)(C)OC(=O)N1CCCC(Cc2cncc(-c3cccc(C(=O)O)c3)c2)CC1. The van der Waals surface area contributed by atoms with Gasteiger partial charge in [-0.2, -0.15) is 0 Å². The van der Waals surface area contributed by atoms with E-state index in [2.05, 4.69) is 11.1 Å². The Hall–Kier alpha value is -2.89. The first-order valence-corrected chi connectivity index (χ1v) is 10.5. The molecule has 1 unspecified atom stereocenters. The van der Waals surface area contributed by atoms with Crippen LogP contribution in [0.4, 0.5) is 4.79 Å². The number of aromatic nitrogens is 1. The lowest BCUT2D eigenvalue weighted by molar-refractivity contribution is 0.0255. The third kappa shape index (κ3) is 6.05. The molecule has 30 heavy (non-hydrogen) atoms. The number of rotatable bonds is 4. The second-order valence-corrected chi connectivity index (χ2v) is 8.94. The molecule has 2 heterocycles. The van der Waals surface area contributed by atoms with Gasteiger partial charge in [-0.15, -0.1) is 0 Å². The molecule has 3 rings (SSSR count). The van der Waals surface area contributed by atoms with Crippen molar-refractivity contribution >= 4 is 12.1 Å². The molecule has 1 N–H and O–H groups in total. The van der Waals surface area contributed by atoms with Gasteiger partial charge in [-0.3, -0.25) is 4.98 Å². The molecule has 160 valence electrons. The van der Waals surface area contributed by atoms with Crippen molar-refractivity contribution in [3.05, 3.63) is 53.9 Å². The minimum Gasteiger partial charge on any atom is -0.478 e. The van der Waals surface area contributed by atoms with Crippen molar-refractivity contribution in [3.8, 4) is 11.1 Å². The summed E-state index contributed by atoms with van der Waals surface area (Å²) in [7, 11) is 0. The predicted octanol–water partition coefficient (Wildman–Crippen LogP) is 5.03. The number of amides is 1. The summed E-state index contributed by atoms with van der Waals surface area (Å²) < 4.78 is 5.51. The molecule has 1 aliphatic rings. The van der Waals surface area contributed by atoms with Crippen LogP contribution in [-0.2, 0) is 11.2 Å². The second-order valence-electron chi connectivity index (χ2n) is 8.94. The lowest BCUT2D eigenvalue weighted by Gasteiger charge is -2.26. The van der Waals surface area contributed by atoms with Crippen LogP contribution in [0.3, 0.4) is 0 Å². The number of benzene rings is 1. The highest BCUT2D eigenvalue weighted by Crippen LogP contribution is 2.26. The Bertz CT molecular complexity index is 904. The number of ether oxygens (including phenoxy) is 1. The van der Waals surface area contributed by atoms with Crippen LogP contribution in [-0.4, -0.2) is 45.7 Å². The highest BCUT2D eigenvalue weighted by molar-refractivity contribution is 5.89. The van der Waals surface area contributed by atoms with Gasteiger partial charge in [-0.05, 0) is 81.7 Å². The zero-order valence-corrected chi connectivity index (χ0v) is 17.9. The van der Waals surface area contributed by atoms with Crippen LogP contribution in [0.1, 0.15) is 56.0 Å². The molecule has 6 heteroatoms. The van der Waals surface area contributed by atoms with Crippen molar-refractivity contribution < 1.29 is 19.4 Å². The normalized spacial score (nSPS) is 17.3. The van der Waals surface area contributed by atoms with Crippen LogP contribution in [0, 0.1) is 5.92 Å². The van der Waals surface area contributed by atoms with Gasteiger partial charge in [0.05, 0.1) is 5.56 Å². The zero-order valence-electron chi connectivity index (χ0n) is 17.9. The van der Waals surface area contributed by atoms with Crippen molar-refractivity contribution in [1.82, 2.24) is 9.88 Å². The van der Waals surface area contributed by atoms with E-state index in [1.54, 1.807) is 24.4 Å². The first kappa shape index (κ1) is 21.8. The van der Waals surface area contributed by atoms with Crippen LogP contribution in [0.2, 0.25) is 0 Å². The number of nitrogens with zero attached hydrogens (tertiary/aromatic N) is 2. The largest absolute Gasteiger partial charge is 0.478 e. The van der Waals surface area contributed by atoms with Crippen LogP contribution in [0.25, 0.3) is 11.1 Å². The molecular weight excluding hydrogens is 380 g/mol. The Labute approximate surface area is 177 Å². The fourth-order valence-electron chi connectivity index (χ4n) is 3.80. The van der Waals surface area contributed by atoms with Gasteiger partial charge in [0.1, 0.15) is 5.60 Å². The summed E-state index contributed by atoms with van der Waals surface area (Å²) >= 11 is 0. The Morgan fingerprint density at radius 1 is 1.13 bits per heavy atom. The third-order valence-electron chi connectivity index (χ3n) is 5.26. The molecule has 1 aromatic heterocycles. The summed E-state index contributed by atoms with van der Waals surface area (Å²) in [6, 6.07) is 9.00. The Balaban J connectivity index is 1.65. The van der Waals surface area contributed by atoms with E-state index in [0.717, 1.165) is 48.9 Å². The number of hydrogen-bond donors (Lipinski definition) is 1. The van der Waals surface area contributed by atoms with Gasteiger partial charge >= 0.3 is 12.1 Å². The molecule has 1 amide bonds. The third-order valence-corrected chi connectivity index (χ3v) is 5.26. The van der Waals surface area contributed by atoms with Gasteiger partial charge in [0, 0.05) is 31.0 Å². The number of carbonyl (C=O) groups is 2. The molecule has 1 saturated heterocycles. The summed E-state index contributed by atoms with van der Waals surface area (Å²) in [5.41, 5.74) is 2.68. The maximum atomic E-state index is 12.4. The molecule has 6 nitrogen and oxygen atoms in total. The smallest absolute Gasteiger partial charge is 0.410 e. The fourth-order valence-corrected chi connectivity index (χ4v) is 3.80. The van der Waals surface area contributed by atoms with E-state index >= 15 is 0 Å². The summed E-state index contributed by atoms with van der Waals surface area (Å²) in [5, 5.41) is 9.22. The van der Waals surface area contributed by atoms with E-state index in [4.69, 9.17) is 4.74 Å². The maximum Gasteiger partial charge on any atom is 0.410 e. The van der Waals surface area contributed by atoms with Crippen LogP contribution < -0.4 is 0 Å². The molecule has 2 aromatic rings. The molecular formula is C24H30N2O4. The first-order valence-electron chi connectivity index (χ1n) is 10.5. The van der Waals surface area contributed by atoms with E-state index in [1.807, 2.05) is 37.9 Å². The zero-order chi connectivity index (χ0) is 21.7. The van der Waals surface area contributed by atoms with Gasteiger partial charge in [-0.25, -0.2) is 9.59 Å². The first-order chi connectivity index (χ1) is 14.2. The summed E-state index contributed by atoms with van der Waals surface area (Å²) in [5.74, 6) is -0.464. The van der Waals surface area contributed by atoms with Crippen LogP contribution in [0.5, 0.6) is 0 Å². The average Bonchev–Trinajstić information content (AvgIpc) is 2.93. The molecule has 1 aromatic carbocycles. The Kier molecular flexibility index (Phi) is 6.75. The Morgan fingerprint density at radius 3 is 2.67 bits per heavy atom. The van der Waals surface area contributed by atoms with E-state index in [1.165, 1.54) is 0 Å². The van der Waals surface area contributed by atoms with E-state index < -0.39 is 11.6 Å². The fraction of sp³-hybridized carbons (Fsp3) is 0.458. The molecule has 0 spiro atoms. The topological polar surface area (TPSA) is 79.7 Å². The van der Waals surface area contributed by atoms with Gasteiger partial charge in [-0.1, -0.05) is 12.1 Å². The van der Waals surface area contributed by atoms with Gasteiger partial charge in [0.25, 0.3) is 0 Å². The van der Waals surface area contributed by atoms with Crippen molar-refractivity contribution in [2.75, 3.05) is 13.1 Å². The van der Waals surface area contributed by atoms with Crippen molar-refractivity contribution in [3.63, 3.8) is 0 Å². The number of pyridine rings is 1. The molecule has 0 saturated carbocycles. The van der Waals surface area contributed by atoms with Gasteiger partial charge in [0.15, 0.2) is 0 Å². The van der Waals surface area contributed by atoms with E-state index in [-0.39, 0.29) is 11.7 Å². The maximum absolute atomic E-state index is 12.4. The van der Waals surface area contributed by atoms with Crippen molar-refractivity contribution in [1.29, 1.82) is 0 Å². The van der Waals surface area contributed by atoms with E-state index in [9.17, 15) is 14.7 Å². The molecule has 0 bridgehead atoms. The molecule has 1 aliphatic heterocycles. The second kappa shape index (κ2) is 9.28. The van der Waals surface area contributed by atoms with Crippen LogP contribution >= 0.6 is 0 Å². The van der Waals surface area contributed by atoms with E-state index in [0.29, 0.717) is 12.5 Å². The van der Waals surface area contributed by atoms with Crippen molar-refractivity contribution in [2.45, 2.75) is 52.1 Å². The lowest BCUT2D eigenvalue weighted by atomic mass is 9.92. The number of aromatic carboxylic acids is 1. The molecule has 1 atom stereocenters. The predicted molar refractivity (Wildman–Crippen MR) is 115 cm³/mol. The monoisotopic (exact) mass is 410 g/mol. The van der Waals surface area contributed by atoms with Gasteiger partial charge in [0.2, 0.25) is 0 Å². The van der Waals surface area contributed by atoms with Crippen LogP contribution in [0.15, 0.2) is 42.7 Å². The Morgan fingerprint density at radius 2 is 1.93 bits per heavy atom. The summed E-state index contributed by atoms with van der Waals surface area (Å²) in [6.07, 6.45) is 7.24. The molecule has 1 fully saturated rings. The molecule has 0 aliphatic carbocycles. The number of carboxylic acids is 1. The van der Waals surface area contributed by atoms with Gasteiger partial charge < -0.3 is 14.7 Å². The standard InChI is InChI=1S/C24H30N2O4/c1-24(2,3)30-23(29)26-10-5-6-17(9-11-26)12-18-13-21(16-25-15-18)19-7-4-8-20(14-19)22(27)28/h4,7-8,13-17H,5-6,9-12H2,1-3H3,(H,27,28). The summed E-state index contributed by atoms with van der Waals surface area (Å²) in [6.45, 7) is 7.09. The number of hydrogen-bond acceptors (Lipinski definition) is 4. The minimum absolute atomic E-state index is 0.231.